The Morgan fingerprint density at radius 3 is 2.80 bits per heavy atom. The van der Waals surface area contributed by atoms with Gasteiger partial charge < -0.3 is 5.32 Å². The predicted molar refractivity (Wildman–Crippen MR) is 60.7 cm³/mol. The van der Waals surface area contributed by atoms with Gasteiger partial charge in [0, 0.05) is 32.7 Å². The maximum Gasteiger partial charge on any atom is 0.0625 e. The molecule has 1 saturated heterocycles. The summed E-state index contributed by atoms with van der Waals surface area (Å²) in [5.74, 6) is 0. The van der Waals surface area contributed by atoms with E-state index in [0.29, 0.717) is 6.04 Å². The van der Waals surface area contributed by atoms with Gasteiger partial charge in [-0.2, -0.15) is 5.10 Å². The van der Waals surface area contributed by atoms with E-state index in [2.05, 4.69) is 35.4 Å². The van der Waals surface area contributed by atoms with Crippen LogP contribution in [0.15, 0.2) is 6.07 Å². The average molecular weight is 208 g/mol. The maximum atomic E-state index is 4.46. The lowest BCUT2D eigenvalue weighted by atomic mass is 10.1. The van der Waals surface area contributed by atoms with Crippen LogP contribution in [-0.4, -0.2) is 40.9 Å². The number of likely N-dealkylation sites (N-methyl/N-ethyl adjacent to an activating group) is 1. The van der Waals surface area contributed by atoms with Crippen LogP contribution in [0.25, 0.3) is 0 Å². The van der Waals surface area contributed by atoms with E-state index >= 15 is 0 Å². The first-order valence-corrected chi connectivity index (χ1v) is 5.63. The quantitative estimate of drug-likeness (QED) is 0.777. The minimum Gasteiger partial charge on any atom is -0.314 e. The zero-order valence-electron chi connectivity index (χ0n) is 9.82. The highest BCUT2D eigenvalue weighted by atomic mass is 15.3. The highest BCUT2D eigenvalue weighted by molar-refractivity contribution is 5.10. The van der Waals surface area contributed by atoms with Crippen LogP contribution in [0.1, 0.15) is 18.3 Å². The normalized spacial score (nSPS) is 17.1. The lowest BCUT2D eigenvalue weighted by Crippen LogP contribution is -2.55. The van der Waals surface area contributed by atoms with Gasteiger partial charge >= 0.3 is 0 Å². The molecule has 1 N–H and O–H groups in total. The summed E-state index contributed by atoms with van der Waals surface area (Å²) < 4.78 is 2.00. The molecule has 0 aliphatic carbocycles. The first-order valence-electron chi connectivity index (χ1n) is 5.63. The van der Waals surface area contributed by atoms with E-state index < -0.39 is 0 Å². The van der Waals surface area contributed by atoms with E-state index in [1.807, 2.05) is 11.7 Å². The molecule has 2 heterocycles. The molecule has 1 fully saturated rings. The molecule has 0 amide bonds. The number of nitrogens with zero attached hydrogens (tertiary/aromatic N) is 3. The van der Waals surface area contributed by atoms with Crippen molar-refractivity contribution in [3.05, 3.63) is 17.5 Å². The van der Waals surface area contributed by atoms with Gasteiger partial charge in [-0.3, -0.25) is 9.58 Å². The van der Waals surface area contributed by atoms with E-state index in [9.17, 15) is 0 Å². The van der Waals surface area contributed by atoms with Crippen LogP contribution < -0.4 is 5.32 Å². The van der Waals surface area contributed by atoms with Crippen LogP contribution >= 0.6 is 0 Å². The minimum atomic E-state index is 0.699. The molecule has 0 unspecified atom stereocenters. The van der Waals surface area contributed by atoms with Crippen molar-refractivity contribution in [2.45, 2.75) is 25.9 Å². The Morgan fingerprint density at radius 2 is 2.33 bits per heavy atom. The Kier molecular flexibility index (Phi) is 3.07. The SMILES string of the molecule is CCc1cc(CN(C)C2CNC2)n(C)n1. The molecule has 0 saturated carbocycles. The van der Waals surface area contributed by atoms with Gasteiger partial charge in [0.15, 0.2) is 0 Å². The van der Waals surface area contributed by atoms with Gasteiger partial charge in [-0.15, -0.1) is 0 Å². The van der Waals surface area contributed by atoms with E-state index in [0.717, 1.165) is 26.1 Å². The molecule has 0 aromatic carbocycles. The summed E-state index contributed by atoms with van der Waals surface area (Å²) in [6.07, 6.45) is 1.02. The smallest absolute Gasteiger partial charge is 0.0625 e. The van der Waals surface area contributed by atoms with Crippen molar-refractivity contribution >= 4 is 0 Å². The van der Waals surface area contributed by atoms with E-state index in [1.165, 1.54) is 11.4 Å². The molecule has 1 aliphatic rings. The highest BCUT2D eigenvalue weighted by Gasteiger charge is 2.22. The second kappa shape index (κ2) is 4.33. The molecule has 15 heavy (non-hydrogen) atoms. The molecular formula is C11H20N4. The van der Waals surface area contributed by atoms with Crippen molar-refractivity contribution in [2.75, 3.05) is 20.1 Å². The van der Waals surface area contributed by atoms with Crippen LogP contribution in [0.5, 0.6) is 0 Å². The van der Waals surface area contributed by atoms with Gasteiger partial charge in [-0.05, 0) is 19.5 Å². The third-order valence-electron chi connectivity index (χ3n) is 3.18. The van der Waals surface area contributed by atoms with Gasteiger partial charge in [-0.1, -0.05) is 6.92 Å². The molecule has 1 aromatic rings. The molecule has 1 aromatic heterocycles. The predicted octanol–water partition coefficient (Wildman–Crippen LogP) is 0.386. The summed E-state index contributed by atoms with van der Waals surface area (Å²) in [5, 5.41) is 7.75. The number of nitrogens with one attached hydrogen (secondary N) is 1. The van der Waals surface area contributed by atoms with Crippen LogP contribution in [0.3, 0.4) is 0 Å². The monoisotopic (exact) mass is 208 g/mol. The Morgan fingerprint density at radius 1 is 1.60 bits per heavy atom. The number of hydrogen-bond donors (Lipinski definition) is 1. The summed E-state index contributed by atoms with van der Waals surface area (Å²) in [6.45, 7) is 5.38. The summed E-state index contributed by atoms with van der Waals surface area (Å²) in [6, 6.07) is 2.91. The van der Waals surface area contributed by atoms with E-state index in [-0.39, 0.29) is 0 Å². The number of aryl methyl sites for hydroxylation is 2. The van der Waals surface area contributed by atoms with Crippen molar-refractivity contribution in [3.63, 3.8) is 0 Å². The third-order valence-corrected chi connectivity index (χ3v) is 3.18. The first kappa shape index (κ1) is 10.6. The van der Waals surface area contributed by atoms with E-state index in [1.54, 1.807) is 0 Å². The maximum absolute atomic E-state index is 4.46. The molecule has 2 rings (SSSR count). The fourth-order valence-corrected chi connectivity index (χ4v) is 1.86. The lowest BCUT2D eigenvalue weighted by Gasteiger charge is -2.35. The first-order chi connectivity index (χ1) is 7.20. The van der Waals surface area contributed by atoms with Crippen LogP contribution in [0.4, 0.5) is 0 Å². The summed E-state index contributed by atoms with van der Waals surface area (Å²) in [4.78, 5) is 2.40. The van der Waals surface area contributed by atoms with Crippen molar-refractivity contribution in [1.29, 1.82) is 0 Å². The van der Waals surface area contributed by atoms with Gasteiger partial charge in [0.2, 0.25) is 0 Å². The molecule has 0 spiro atoms. The Bertz CT molecular complexity index is 327. The molecule has 0 bridgehead atoms. The van der Waals surface area contributed by atoms with Gasteiger partial charge in [0.1, 0.15) is 0 Å². The zero-order valence-corrected chi connectivity index (χ0v) is 9.82. The second-order valence-electron chi connectivity index (χ2n) is 4.33. The number of aromatic nitrogens is 2. The fraction of sp³-hybridized carbons (Fsp3) is 0.727. The van der Waals surface area contributed by atoms with Crippen LogP contribution in [0.2, 0.25) is 0 Å². The standard InChI is InChI=1S/C11H20N4/c1-4-9-5-10(15(3)13-9)8-14(2)11-6-12-7-11/h5,11-12H,4,6-8H2,1-3H3. The van der Waals surface area contributed by atoms with Gasteiger partial charge in [0.05, 0.1) is 11.4 Å². The zero-order chi connectivity index (χ0) is 10.8. The lowest BCUT2D eigenvalue weighted by molar-refractivity contribution is 0.169. The Labute approximate surface area is 91.3 Å². The largest absolute Gasteiger partial charge is 0.314 e. The van der Waals surface area contributed by atoms with Crippen molar-refractivity contribution in [3.8, 4) is 0 Å². The summed E-state index contributed by atoms with van der Waals surface area (Å²) in [7, 11) is 4.21. The number of hydrogen-bond acceptors (Lipinski definition) is 3. The van der Waals surface area contributed by atoms with Crippen molar-refractivity contribution in [1.82, 2.24) is 20.0 Å². The van der Waals surface area contributed by atoms with Crippen LogP contribution in [0, 0.1) is 0 Å². The highest BCUT2D eigenvalue weighted by Crippen LogP contribution is 2.10. The second-order valence-corrected chi connectivity index (χ2v) is 4.33. The summed E-state index contributed by atoms with van der Waals surface area (Å²) >= 11 is 0. The molecule has 1 aliphatic heterocycles. The molecule has 0 radical (unpaired) electrons. The minimum absolute atomic E-state index is 0.699. The molecule has 4 heteroatoms. The average Bonchev–Trinajstić information content (AvgIpc) is 2.44. The fourth-order valence-electron chi connectivity index (χ4n) is 1.86. The summed E-state index contributed by atoms with van der Waals surface area (Å²) in [5.41, 5.74) is 2.49. The molecular weight excluding hydrogens is 188 g/mol. The third kappa shape index (κ3) is 2.21. The van der Waals surface area contributed by atoms with Crippen molar-refractivity contribution in [2.24, 2.45) is 7.05 Å². The van der Waals surface area contributed by atoms with E-state index in [4.69, 9.17) is 0 Å². The molecule has 0 atom stereocenters. The van der Waals surface area contributed by atoms with Gasteiger partial charge in [-0.25, -0.2) is 0 Å². The molecule has 84 valence electrons. The van der Waals surface area contributed by atoms with Crippen LogP contribution in [-0.2, 0) is 20.0 Å². The van der Waals surface area contributed by atoms with Gasteiger partial charge in [0.25, 0.3) is 0 Å². The Hall–Kier alpha value is -0.870. The topological polar surface area (TPSA) is 33.1 Å². The number of rotatable bonds is 4. The molecule has 4 nitrogen and oxygen atoms in total. The van der Waals surface area contributed by atoms with Crippen molar-refractivity contribution < 1.29 is 0 Å². The Balaban J connectivity index is 1.99.